The van der Waals surface area contributed by atoms with Crippen LogP contribution in [0.4, 0.5) is 0 Å². The molecule has 0 radical (unpaired) electrons. The van der Waals surface area contributed by atoms with E-state index in [1.54, 1.807) is 0 Å². The first-order valence-electron chi connectivity index (χ1n) is 5.74. The number of nitrogens with zero attached hydrogens (tertiary/aromatic N) is 2. The van der Waals surface area contributed by atoms with Crippen molar-refractivity contribution in [2.45, 2.75) is 25.2 Å². The molecule has 0 bridgehead atoms. The third-order valence-corrected chi connectivity index (χ3v) is 3.28. The van der Waals surface area contributed by atoms with Crippen LogP contribution in [0.1, 0.15) is 24.6 Å². The quantitative estimate of drug-likeness (QED) is 0.744. The Balaban J connectivity index is 2.47. The second-order valence-corrected chi connectivity index (χ2v) is 4.74. The van der Waals surface area contributed by atoms with E-state index in [4.69, 9.17) is 15.7 Å². The molecule has 0 amide bonds. The van der Waals surface area contributed by atoms with Gasteiger partial charge in [-0.3, -0.25) is 9.36 Å². The molecule has 1 fully saturated rings. The minimum absolute atomic E-state index is 0.0956. The van der Waals surface area contributed by atoms with E-state index >= 15 is 0 Å². The molecule has 2 atom stereocenters. The number of hydrogen-bond acceptors (Lipinski definition) is 5. The Morgan fingerprint density at radius 3 is 2.84 bits per heavy atom. The van der Waals surface area contributed by atoms with Gasteiger partial charge < -0.3 is 15.7 Å². The molecule has 0 unspecified atom stereocenters. The highest BCUT2D eigenvalue weighted by Crippen LogP contribution is 2.26. The molecule has 0 saturated carbocycles. The summed E-state index contributed by atoms with van der Waals surface area (Å²) in [5.74, 6) is 5.47. The van der Waals surface area contributed by atoms with Gasteiger partial charge in [0.15, 0.2) is 0 Å². The molecule has 0 aliphatic carbocycles. The molecule has 7 nitrogen and oxygen atoms in total. The predicted octanol–water partition coefficient (Wildman–Crippen LogP) is -0.241. The molecule has 1 aromatic heterocycles. The summed E-state index contributed by atoms with van der Waals surface area (Å²) in [5, 5.41) is 9.03. The van der Waals surface area contributed by atoms with Crippen molar-refractivity contribution in [3.8, 4) is 0 Å². The molecule has 2 rings (SSSR count). The molecule has 3 N–H and O–H groups in total. The fourth-order valence-corrected chi connectivity index (χ4v) is 2.31. The van der Waals surface area contributed by atoms with Gasteiger partial charge in [-0.2, -0.15) is 4.68 Å². The van der Waals surface area contributed by atoms with E-state index in [2.05, 4.69) is 15.9 Å². The molecular weight excluding hydrogens is 318 g/mol. The maximum absolute atomic E-state index is 12.0. The fraction of sp³-hybridized carbons (Fsp3) is 0.455. The number of hydrogen-bond donors (Lipinski definition) is 2. The summed E-state index contributed by atoms with van der Waals surface area (Å²) in [4.78, 5) is 25.2. The number of aliphatic hydroxyl groups is 1. The van der Waals surface area contributed by atoms with Crippen LogP contribution in [0.2, 0.25) is 0 Å². The van der Waals surface area contributed by atoms with E-state index in [0.717, 1.165) is 0 Å². The molecule has 1 aliphatic heterocycles. The maximum Gasteiger partial charge on any atom is 0.351 e. The van der Waals surface area contributed by atoms with Crippen molar-refractivity contribution in [3.63, 3.8) is 0 Å². The van der Waals surface area contributed by atoms with Gasteiger partial charge in [-0.25, -0.2) is 4.79 Å². The monoisotopic (exact) mass is 331 g/mol. The zero-order chi connectivity index (χ0) is 14.0. The Bertz CT molecular complexity index is 607. The van der Waals surface area contributed by atoms with Gasteiger partial charge in [0.2, 0.25) is 0 Å². The molecule has 1 aromatic rings. The number of aromatic nitrogens is 2. The Hall–Kier alpha value is -1.38. The van der Waals surface area contributed by atoms with Crippen molar-refractivity contribution in [3.05, 3.63) is 37.6 Å². The SMILES string of the molecule is Nn1c(=O)c(C=CBr)cn([C@H]2CC[C@@H](CO)O2)c1=O. The normalized spacial score (nSPS) is 23.3. The molecule has 1 aliphatic rings. The van der Waals surface area contributed by atoms with Gasteiger partial charge in [-0.15, -0.1) is 0 Å². The first-order chi connectivity index (χ1) is 9.08. The standard InChI is InChI=1S/C11H14BrN3O4/c12-4-3-7-5-14(11(18)15(13)10(7)17)9-2-1-8(6-16)19-9/h3-5,8-9,16H,1-2,6,13H2/t8-,9+/m0/s1. The van der Waals surface area contributed by atoms with Gasteiger partial charge in [-0.1, -0.05) is 15.9 Å². The van der Waals surface area contributed by atoms with Gasteiger partial charge in [0, 0.05) is 6.20 Å². The van der Waals surface area contributed by atoms with Crippen LogP contribution in [0, 0.1) is 0 Å². The van der Waals surface area contributed by atoms with E-state index in [0.29, 0.717) is 17.5 Å². The van der Waals surface area contributed by atoms with Crippen LogP contribution >= 0.6 is 15.9 Å². The number of halogens is 1. The maximum atomic E-state index is 12.0. The van der Waals surface area contributed by atoms with Crippen molar-refractivity contribution >= 4 is 22.0 Å². The summed E-state index contributed by atoms with van der Waals surface area (Å²) in [6, 6.07) is 0. The fourth-order valence-electron chi connectivity index (χ4n) is 2.02. The third kappa shape index (κ3) is 2.65. The summed E-state index contributed by atoms with van der Waals surface area (Å²) >= 11 is 3.07. The van der Waals surface area contributed by atoms with Gasteiger partial charge in [-0.05, 0) is 23.9 Å². The van der Waals surface area contributed by atoms with Crippen LogP contribution in [-0.2, 0) is 4.74 Å². The van der Waals surface area contributed by atoms with Crippen molar-refractivity contribution in [1.82, 2.24) is 9.24 Å². The topological polar surface area (TPSA) is 99.5 Å². The lowest BCUT2D eigenvalue weighted by Gasteiger charge is -2.16. The lowest BCUT2D eigenvalue weighted by molar-refractivity contribution is -0.0250. The van der Waals surface area contributed by atoms with E-state index in [1.807, 2.05) is 0 Å². The van der Waals surface area contributed by atoms with Crippen molar-refractivity contribution in [1.29, 1.82) is 0 Å². The van der Waals surface area contributed by atoms with Crippen molar-refractivity contribution in [2.75, 3.05) is 12.4 Å². The summed E-state index contributed by atoms with van der Waals surface area (Å²) in [7, 11) is 0. The second-order valence-electron chi connectivity index (χ2n) is 4.21. The smallest absolute Gasteiger partial charge is 0.351 e. The molecule has 0 aromatic carbocycles. The molecule has 0 spiro atoms. The number of nitrogen functional groups attached to an aromatic ring is 1. The number of aliphatic hydroxyl groups excluding tert-OH is 1. The van der Waals surface area contributed by atoms with Crippen LogP contribution in [-0.4, -0.2) is 27.1 Å². The average molecular weight is 332 g/mol. The zero-order valence-corrected chi connectivity index (χ0v) is 11.6. The first-order valence-corrected chi connectivity index (χ1v) is 6.66. The highest BCUT2D eigenvalue weighted by molar-refractivity contribution is 9.11. The Morgan fingerprint density at radius 2 is 2.26 bits per heavy atom. The number of rotatable bonds is 3. The van der Waals surface area contributed by atoms with Crippen molar-refractivity contribution < 1.29 is 9.84 Å². The lowest BCUT2D eigenvalue weighted by atomic mass is 10.2. The predicted molar refractivity (Wildman–Crippen MR) is 73.3 cm³/mol. The van der Waals surface area contributed by atoms with Crippen LogP contribution in [0.5, 0.6) is 0 Å². The Labute approximate surface area is 117 Å². The van der Waals surface area contributed by atoms with Crippen molar-refractivity contribution in [2.24, 2.45) is 0 Å². The first kappa shape index (κ1) is 14.0. The highest BCUT2D eigenvalue weighted by Gasteiger charge is 2.27. The summed E-state index contributed by atoms with van der Waals surface area (Å²) in [6.07, 6.45) is 3.35. The van der Waals surface area contributed by atoms with Gasteiger partial charge in [0.1, 0.15) is 6.23 Å². The minimum atomic E-state index is -0.639. The van der Waals surface area contributed by atoms with Gasteiger partial charge >= 0.3 is 5.69 Å². The van der Waals surface area contributed by atoms with E-state index in [9.17, 15) is 9.59 Å². The van der Waals surface area contributed by atoms with E-state index < -0.39 is 17.5 Å². The zero-order valence-electron chi connectivity index (χ0n) is 10.0. The summed E-state index contributed by atoms with van der Waals surface area (Å²) in [5.41, 5.74) is -0.941. The van der Waals surface area contributed by atoms with Gasteiger partial charge in [0.25, 0.3) is 5.56 Å². The van der Waals surface area contributed by atoms with Crippen LogP contribution < -0.4 is 17.1 Å². The van der Waals surface area contributed by atoms with E-state index in [1.165, 1.54) is 21.8 Å². The van der Waals surface area contributed by atoms with Crippen LogP contribution in [0.3, 0.4) is 0 Å². The Morgan fingerprint density at radius 1 is 1.53 bits per heavy atom. The molecule has 19 heavy (non-hydrogen) atoms. The second kappa shape index (κ2) is 5.72. The largest absolute Gasteiger partial charge is 0.394 e. The van der Waals surface area contributed by atoms with E-state index in [-0.39, 0.29) is 18.3 Å². The summed E-state index contributed by atoms with van der Waals surface area (Å²) in [6.45, 7) is -0.0956. The lowest BCUT2D eigenvalue weighted by Crippen LogP contribution is -2.46. The number of ether oxygens (including phenoxy) is 1. The summed E-state index contributed by atoms with van der Waals surface area (Å²) < 4.78 is 7.34. The highest BCUT2D eigenvalue weighted by atomic mass is 79.9. The molecule has 1 saturated heterocycles. The van der Waals surface area contributed by atoms with Crippen LogP contribution in [0.25, 0.3) is 6.08 Å². The Kier molecular flexibility index (Phi) is 4.23. The molecule has 8 heteroatoms. The minimum Gasteiger partial charge on any atom is -0.394 e. The molecular formula is C11H14BrN3O4. The molecule has 2 heterocycles. The van der Waals surface area contributed by atoms with Gasteiger partial charge in [0.05, 0.1) is 18.3 Å². The molecule has 104 valence electrons. The number of nitrogens with two attached hydrogens (primary N) is 1. The third-order valence-electron chi connectivity index (χ3n) is 3.01. The average Bonchev–Trinajstić information content (AvgIpc) is 2.88. The van der Waals surface area contributed by atoms with Crippen LogP contribution in [0.15, 0.2) is 20.8 Å².